The summed E-state index contributed by atoms with van der Waals surface area (Å²) in [5.41, 5.74) is 1.21. The zero-order valence-electron chi connectivity index (χ0n) is 10.3. The number of ether oxygens (including phenoxy) is 2. The highest BCUT2D eigenvalue weighted by atomic mass is 16.5. The van der Waals surface area contributed by atoms with E-state index in [2.05, 4.69) is 6.58 Å². The molecule has 1 unspecified atom stereocenters. The third-order valence-corrected chi connectivity index (χ3v) is 2.06. The van der Waals surface area contributed by atoms with Gasteiger partial charge in [-0.3, -0.25) is 0 Å². The monoisotopic (exact) mass is 249 g/mol. The molecule has 1 radical (unpaired) electrons. The summed E-state index contributed by atoms with van der Waals surface area (Å²) in [6, 6.07) is 9.45. The van der Waals surface area contributed by atoms with Crippen molar-refractivity contribution < 1.29 is 19.4 Å². The van der Waals surface area contributed by atoms with Gasteiger partial charge in [0.2, 0.25) is 0 Å². The minimum absolute atomic E-state index is 0.0678. The van der Waals surface area contributed by atoms with E-state index in [-0.39, 0.29) is 13.2 Å². The fourth-order valence-corrected chi connectivity index (χ4v) is 1.13. The number of hydrogen-bond donors (Lipinski definition) is 1. The van der Waals surface area contributed by atoms with Crippen LogP contribution in [0, 0.1) is 6.61 Å². The summed E-state index contributed by atoms with van der Waals surface area (Å²) in [7, 11) is 0. The molecule has 97 valence electrons. The van der Waals surface area contributed by atoms with Gasteiger partial charge < -0.3 is 14.6 Å². The molecule has 0 aliphatic heterocycles. The molecule has 0 heterocycles. The smallest absolute Gasteiger partial charge is 0.333 e. The van der Waals surface area contributed by atoms with E-state index in [1.807, 2.05) is 30.3 Å². The zero-order chi connectivity index (χ0) is 13.4. The highest BCUT2D eigenvalue weighted by Gasteiger charge is 2.09. The Balaban J connectivity index is 2.16. The van der Waals surface area contributed by atoms with Gasteiger partial charge in [0, 0.05) is 5.57 Å². The molecule has 0 aliphatic rings. The van der Waals surface area contributed by atoms with Gasteiger partial charge in [-0.05, 0) is 12.5 Å². The number of rotatable bonds is 7. The molecule has 1 N–H and O–H groups in total. The average molecular weight is 249 g/mol. The van der Waals surface area contributed by atoms with Crippen LogP contribution in [-0.2, 0) is 14.3 Å². The Labute approximate surface area is 107 Å². The molecule has 0 fully saturated rings. The van der Waals surface area contributed by atoms with Crippen molar-refractivity contribution in [3.05, 3.63) is 54.7 Å². The summed E-state index contributed by atoms with van der Waals surface area (Å²) in [6.07, 6.45) is -0.853. The number of aliphatic hydroxyl groups excluding tert-OH is 1. The molecule has 1 aromatic carbocycles. The fourth-order valence-electron chi connectivity index (χ4n) is 1.13. The third-order valence-electron chi connectivity index (χ3n) is 2.06. The second-order valence-corrected chi connectivity index (χ2v) is 3.89. The van der Waals surface area contributed by atoms with E-state index >= 15 is 0 Å². The fraction of sp³-hybridized carbons (Fsp3) is 0.286. The van der Waals surface area contributed by atoms with E-state index in [1.165, 1.54) is 0 Å². The Bertz CT molecular complexity index is 386. The zero-order valence-corrected chi connectivity index (χ0v) is 10.3. The summed E-state index contributed by atoms with van der Waals surface area (Å²) >= 11 is 0. The van der Waals surface area contributed by atoms with Crippen LogP contribution in [-0.4, -0.2) is 30.4 Å². The highest BCUT2D eigenvalue weighted by molar-refractivity contribution is 5.86. The molecule has 0 amide bonds. The van der Waals surface area contributed by atoms with Gasteiger partial charge in [0.1, 0.15) is 19.3 Å². The Kier molecular flexibility index (Phi) is 6.11. The Morgan fingerprint density at radius 1 is 1.39 bits per heavy atom. The van der Waals surface area contributed by atoms with Crippen molar-refractivity contribution in [3.8, 4) is 0 Å². The molecular weight excluding hydrogens is 232 g/mol. The first-order valence-corrected chi connectivity index (χ1v) is 5.60. The van der Waals surface area contributed by atoms with E-state index in [1.54, 1.807) is 13.5 Å². The van der Waals surface area contributed by atoms with Crippen LogP contribution in [0.3, 0.4) is 0 Å². The van der Waals surface area contributed by atoms with Crippen molar-refractivity contribution in [2.24, 2.45) is 0 Å². The molecular formula is C14H17O4. The van der Waals surface area contributed by atoms with Gasteiger partial charge in [-0.25, -0.2) is 4.79 Å². The molecule has 1 rings (SSSR count). The Morgan fingerprint density at radius 3 is 2.67 bits per heavy atom. The lowest BCUT2D eigenvalue weighted by molar-refractivity contribution is -0.142. The maximum Gasteiger partial charge on any atom is 0.333 e. The lowest BCUT2D eigenvalue weighted by atomic mass is 10.2. The van der Waals surface area contributed by atoms with Crippen molar-refractivity contribution in [2.75, 3.05) is 13.2 Å². The minimum Gasteiger partial charge on any atom is -0.460 e. The number of aliphatic hydroxyl groups is 1. The highest BCUT2D eigenvalue weighted by Crippen LogP contribution is 2.03. The van der Waals surface area contributed by atoms with Gasteiger partial charge in [0.25, 0.3) is 0 Å². The molecule has 4 nitrogen and oxygen atoms in total. The maximum absolute atomic E-state index is 11.1. The largest absolute Gasteiger partial charge is 0.460 e. The first kappa shape index (κ1) is 14.4. The molecule has 0 aliphatic carbocycles. The van der Waals surface area contributed by atoms with Crippen LogP contribution in [0.5, 0.6) is 0 Å². The molecule has 0 saturated carbocycles. The second-order valence-electron chi connectivity index (χ2n) is 3.89. The summed E-state index contributed by atoms with van der Waals surface area (Å²) in [5, 5.41) is 9.51. The van der Waals surface area contributed by atoms with Crippen LogP contribution >= 0.6 is 0 Å². The normalized spacial score (nSPS) is 11.9. The molecule has 0 spiro atoms. The first-order valence-electron chi connectivity index (χ1n) is 5.60. The minimum atomic E-state index is -0.853. The SMILES string of the molecule is C=C(C)C(=O)OCC(O)CO[CH]c1ccccc1. The van der Waals surface area contributed by atoms with Crippen LogP contribution in [0.4, 0.5) is 0 Å². The Morgan fingerprint density at radius 2 is 2.06 bits per heavy atom. The molecule has 1 atom stereocenters. The van der Waals surface area contributed by atoms with Gasteiger partial charge >= 0.3 is 5.97 Å². The number of carbonyl (C=O) groups excluding carboxylic acids is 1. The van der Waals surface area contributed by atoms with Crippen molar-refractivity contribution >= 4 is 5.97 Å². The predicted molar refractivity (Wildman–Crippen MR) is 67.6 cm³/mol. The molecule has 18 heavy (non-hydrogen) atoms. The van der Waals surface area contributed by atoms with Crippen molar-refractivity contribution in [1.29, 1.82) is 0 Å². The molecule has 4 heteroatoms. The first-order chi connectivity index (χ1) is 8.59. The van der Waals surface area contributed by atoms with Gasteiger partial charge in [-0.1, -0.05) is 36.9 Å². The van der Waals surface area contributed by atoms with Crippen LogP contribution in [0.25, 0.3) is 0 Å². The van der Waals surface area contributed by atoms with Crippen LogP contribution < -0.4 is 0 Å². The summed E-state index contributed by atoms with van der Waals surface area (Å²) in [4.78, 5) is 11.1. The second kappa shape index (κ2) is 7.63. The van der Waals surface area contributed by atoms with Gasteiger partial charge in [0.05, 0.1) is 6.61 Å². The van der Waals surface area contributed by atoms with Crippen molar-refractivity contribution in [1.82, 2.24) is 0 Å². The van der Waals surface area contributed by atoms with Crippen LogP contribution in [0.2, 0.25) is 0 Å². The van der Waals surface area contributed by atoms with Crippen LogP contribution in [0.1, 0.15) is 12.5 Å². The maximum atomic E-state index is 11.1. The van der Waals surface area contributed by atoms with Gasteiger partial charge in [0.15, 0.2) is 0 Å². The predicted octanol–water partition coefficient (Wildman–Crippen LogP) is 1.69. The number of carbonyl (C=O) groups is 1. The summed E-state index contributed by atoms with van der Waals surface area (Å²) in [5.74, 6) is -0.513. The lowest BCUT2D eigenvalue weighted by Crippen LogP contribution is -2.23. The topological polar surface area (TPSA) is 55.8 Å². The van der Waals surface area contributed by atoms with E-state index < -0.39 is 12.1 Å². The molecule has 0 aromatic heterocycles. The molecule has 0 saturated heterocycles. The van der Waals surface area contributed by atoms with Gasteiger partial charge in [-0.15, -0.1) is 0 Å². The quantitative estimate of drug-likeness (QED) is 0.590. The van der Waals surface area contributed by atoms with E-state index in [0.29, 0.717) is 5.57 Å². The van der Waals surface area contributed by atoms with E-state index in [0.717, 1.165) is 5.56 Å². The Hall–Kier alpha value is -1.65. The number of benzene rings is 1. The standard InChI is InChI=1S/C14H17O4/c1-11(2)14(16)18-10-13(15)9-17-8-12-6-4-3-5-7-12/h3-8,13,15H,1,9-10H2,2H3. The molecule has 1 aromatic rings. The van der Waals surface area contributed by atoms with Crippen LogP contribution in [0.15, 0.2) is 42.5 Å². The lowest BCUT2D eigenvalue weighted by Gasteiger charge is -2.11. The van der Waals surface area contributed by atoms with Crippen molar-refractivity contribution in [3.63, 3.8) is 0 Å². The van der Waals surface area contributed by atoms with E-state index in [9.17, 15) is 9.90 Å². The summed E-state index contributed by atoms with van der Waals surface area (Å²) in [6.45, 7) is 6.50. The van der Waals surface area contributed by atoms with Gasteiger partial charge in [-0.2, -0.15) is 0 Å². The number of esters is 1. The van der Waals surface area contributed by atoms with Crippen molar-refractivity contribution in [2.45, 2.75) is 13.0 Å². The number of hydrogen-bond acceptors (Lipinski definition) is 4. The summed E-state index contributed by atoms with van der Waals surface area (Å²) < 4.78 is 9.97. The third kappa shape index (κ3) is 5.61. The average Bonchev–Trinajstić information content (AvgIpc) is 2.37. The van der Waals surface area contributed by atoms with E-state index in [4.69, 9.17) is 9.47 Å². The molecule has 0 bridgehead atoms.